The van der Waals surface area contributed by atoms with E-state index in [4.69, 9.17) is 5.73 Å². The van der Waals surface area contributed by atoms with Gasteiger partial charge in [0.05, 0.1) is 4.90 Å². The van der Waals surface area contributed by atoms with Gasteiger partial charge in [0.2, 0.25) is 10.0 Å². The lowest BCUT2D eigenvalue weighted by molar-refractivity contribution is 0.528. The minimum Gasteiger partial charge on any atom is -0.399 e. The van der Waals surface area contributed by atoms with Crippen molar-refractivity contribution < 1.29 is 8.42 Å². The van der Waals surface area contributed by atoms with E-state index >= 15 is 0 Å². The molecule has 1 aromatic rings. The first-order valence-electron chi connectivity index (χ1n) is 5.95. The number of nitrogen functional groups attached to an aromatic ring is 1. The number of hydrogen-bond donors (Lipinski definition) is 2. The summed E-state index contributed by atoms with van der Waals surface area (Å²) in [7, 11) is -3.42. The van der Waals surface area contributed by atoms with E-state index in [0.29, 0.717) is 16.1 Å². The molecule has 2 rings (SSSR count). The quantitative estimate of drug-likeness (QED) is 0.830. The molecular weight excluding hydrogens is 268 g/mol. The monoisotopic (exact) mass is 286 g/mol. The molecule has 1 saturated heterocycles. The van der Waals surface area contributed by atoms with Crippen LogP contribution in [0, 0.1) is 6.92 Å². The maximum absolute atomic E-state index is 12.3. The highest BCUT2D eigenvalue weighted by Crippen LogP contribution is 2.21. The molecule has 0 spiro atoms. The van der Waals surface area contributed by atoms with E-state index in [0.717, 1.165) is 24.3 Å². The second-order valence-corrected chi connectivity index (χ2v) is 7.44. The Labute approximate surface area is 112 Å². The number of hydrogen-bond acceptors (Lipinski definition) is 4. The number of benzene rings is 1. The molecule has 0 aliphatic carbocycles. The van der Waals surface area contributed by atoms with Crippen molar-refractivity contribution in [1.29, 1.82) is 0 Å². The van der Waals surface area contributed by atoms with Crippen molar-refractivity contribution in [3.63, 3.8) is 0 Å². The third-order valence-corrected chi connectivity index (χ3v) is 5.76. The van der Waals surface area contributed by atoms with Crippen LogP contribution in [0.3, 0.4) is 0 Å². The lowest BCUT2D eigenvalue weighted by Gasteiger charge is -2.22. The summed E-state index contributed by atoms with van der Waals surface area (Å²) in [5.74, 6) is 2.04. The van der Waals surface area contributed by atoms with Crippen LogP contribution in [0.15, 0.2) is 23.1 Å². The maximum atomic E-state index is 12.3. The number of rotatable bonds is 3. The predicted octanol–water partition coefficient (Wildman–Crippen LogP) is 1.75. The summed E-state index contributed by atoms with van der Waals surface area (Å²) in [6.45, 7) is 1.77. The second-order valence-electron chi connectivity index (χ2n) is 4.53. The van der Waals surface area contributed by atoms with E-state index in [1.54, 1.807) is 25.1 Å². The standard InChI is InChI=1S/C12H18N2O2S2/c1-9-8-10(13)2-3-12(9)18(15,16)14-11-4-6-17-7-5-11/h2-3,8,11,14H,4-7,13H2,1H3. The molecule has 1 fully saturated rings. The Balaban J connectivity index is 2.19. The average Bonchev–Trinajstić information content (AvgIpc) is 2.29. The number of aryl methyl sites for hydroxylation is 1. The van der Waals surface area contributed by atoms with Gasteiger partial charge in [-0.25, -0.2) is 13.1 Å². The molecule has 1 heterocycles. The minimum absolute atomic E-state index is 0.0632. The average molecular weight is 286 g/mol. The first kappa shape index (κ1) is 13.7. The van der Waals surface area contributed by atoms with E-state index in [1.165, 1.54) is 0 Å². The van der Waals surface area contributed by atoms with Crippen LogP contribution in [0.5, 0.6) is 0 Å². The zero-order chi connectivity index (χ0) is 13.2. The molecule has 1 aliphatic rings. The minimum atomic E-state index is -3.42. The van der Waals surface area contributed by atoms with Crippen LogP contribution in [0.25, 0.3) is 0 Å². The smallest absolute Gasteiger partial charge is 0.241 e. The van der Waals surface area contributed by atoms with E-state index in [1.807, 2.05) is 11.8 Å². The lowest BCUT2D eigenvalue weighted by atomic mass is 10.2. The molecule has 4 nitrogen and oxygen atoms in total. The van der Waals surface area contributed by atoms with Crippen LogP contribution < -0.4 is 10.5 Å². The van der Waals surface area contributed by atoms with Crippen LogP contribution in [0.1, 0.15) is 18.4 Å². The van der Waals surface area contributed by atoms with Crippen molar-refractivity contribution >= 4 is 27.5 Å². The highest BCUT2D eigenvalue weighted by molar-refractivity contribution is 7.99. The molecular formula is C12H18N2O2S2. The van der Waals surface area contributed by atoms with Gasteiger partial charge in [-0.2, -0.15) is 11.8 Å². The Kier molecular flexibility index (Phi) is 4.19. The Hall–Kier alpha value is -0.720. The van der Waals surface area contributed by atoms with Crippen molar-refractivity contribution in [1.82, 2.24) is 4.72 Å². The van der Waals surface area contributed by atoms with Gasteiger partial charge in [-0.3, -0.25) is 0 Å². The van der Waals surface area contributed by atoms with Crippen LogP contribution in [0.2, 0.25) is 0 Å². The molecule has 1 aliphatic heterocycles. The van der Waals surface area contributed by atoms with Gasteiger partial charge >= 0.3 is 0 Å². The number of nitrogens with two attached hydrogens (primary N) is 1. The third-order valence-electron chi connectivity index (χ3n) is 3.03. The van der Waals surface area contributed by atoms with Gasteiger partial charge in [-0.1, -0.05) is 0 Å². The van der Waals surface area contributed by atoms with Gasteiger partial charge in [0.1, 0.15) is 0 Å². The summed E-state index contributed by atoms with van der Waals surface area (Å²) in [6, 6.07) is 4.95. The topological polar surface area (TPSA) is 72.2 Å². The molecule has 0 atom stereocenters. The molecule has 100 valence electrons. The molecule has 3 N–H and O–H groups in total. The highest BCUT2D eigenvalue weighted by Gasteiger charge is 2.23. The number of anilines is 1. The summed E-state index contributed by atoms with van der Waals surface area (Å²) in [5.41, 5.74) is 6.91. The van der Waals surface area contributed by atoms with Gasteiger partial charge in [-0.15, -0.1) is 0 Å². The summed E-state index contributed by atoms with van der Waals surface area (Å²) < 4.78 is 27.3. The lowest BCUT2D eigenvalue weighted by Crippen LogP contribution is -2.37. The highest BCUT2D eigenvalue weighted by atomic mass is 32.2. The Morgan fingerprint density at radius 3 is 2.61 bits per heavy atom. The fraction of sp³-hybridized carbons (Fsp3) is 0.500. The SMILES string of the molecule is Cc1cc(N)ccc1S(=O)(=O)NC1CCSCC1. The van der Waals surface area contributed by atoms with E-state index < -0.39 is 10.0 Å². The summed E-state index contributed by atoms with van der Waals surface area (Å²) in [6.07, 6.45) is 1.80. The Morgan fingerprint density at radius 2 is 2.00 bits per heavy atom. The Bertz CT molecular complexity index is 523. The zero-order valence-corrected chi connectivity index (χ0v) is 12.0. The summed E-state index contributed by atoms with van der Waals surface area (Å²) in [4.78, 5) is 0.329. The second kappa shape index (κ2) is 5.50. The number of nitrogens with one attached hydrogen (secondary N) is 1. The Morgan fingerprint density at radius 1 is 1.33 bits per heavy atom. The third kappa shape index (κ3) is 3.18. The van der Waals surface area contributed by atoms with Crippen molar-refractivity contribution in [2.24, 2.45) is 0 Å². The van der Waals surface area contributed by atoms with Gasteiger partial charge in [0.25, 0.3) is 0 Å². The van der Waals surface area contributed by atoms with Crippen molar-refractivity contribution in [2.45, 2.75) is 30.7 Å². The molecule has 0 unspecified atom stereocenters. The molecule has 0 saturated carbocycles. The molecule has 0 amide bonds. The van der Waals surface area contributed by atoms with Gasteiger partial charge in [0.15, 0.2) is 0 Å². The molecule has 1 aromatic carbocycles. The number of thioether (sulfide) groups is 1. The summed E-state index contributed by atoms with van der Waals surface area (Å²) in [5, 5.41) is 0. The van der Waals surface area contributed by atoms with Gasteiger partial charge in [0, 0.05) is 11.7 Å². The van der Waals surface area contributed by atoms with E-state index in [-0.39, 0.29) is 6.04 Å². The van der Waals surface area contributed by atoms with Crippen molar-refractivity contribution in [3.05, 3.63) is 23.8 Å². The van der Waals surface area contributed by atoms with E-state index in [2.05, 4.69) is 4.72 Å². The fourth-order valence-corrected chi connectivity index (χ4v) is 4.71. The first-order valence-corrected chi connectivity index (χ1v) is 8.59. The normalized spacial score (nSPS) is 17.8. The van der Waals surface area contributed by atoms with E-state index in [9.17, 15) is 8.42 Å². The van der Waals surface area contributed by atoms with Crippen LogP contribution in [-0.2, 0) is 10.0 Å². The van der Waals surface area contributed by atoms with Crippen LogP contribution in [-0.4, -0.2) is 26.0 Å². The first-order chi connectivity index (χ1) is 8.49. The zero-order valence-electron chi connectivity index (χ0n) is 10.3. The molecule has 0 bridgehead atoms. The van der Waals surface area contributed by atoms with Crippen LogP contribution in [0.4, 0.5) is 5.69 Å². The van der Waals surface area contributed by atoms with Crippen molar-refractivity contribution in [3.8, 4) is 0 Å². The fourth-order valence-electron chi connectivity index (χ4n) is 2.07. The molecule has 0 aromatic heterocycles. The van der Waals surface area contributed by atoms with Gasteiger partial charge in [-0.05, 0) is 55.0 Å². The summed E-state index contributed by atoms with van der Waals surface area (Å²) >= 11 is 1.87. The molecule has 0 radical (unpaired) electrons. The molecule has 18 heavy (non-hydrogen) atoms. The molecule has 6 heteroatoms. The van der Waals surface area contributed by atoms with Crippen LogP contribution >= 0.6 is 11.8 Å². The number of sulfonamides is 1. The maximum Gasteiger partial charge on any atom is 0.241 e. The van der Waals surface area contributed by atoms with Gasteiger partial charge < -0.3 is 5.73 Å². The van der Waals surface area contributed by atoms with Crippen molar-refractivity contribution in [2.75, 3.05) is 17.2 Å². The predicted molar refractivity (Wildman–Crippen MR) is 76.3 cm³/mol. The largest absolute Gasteiger partial charge is 0.399 e.